The third-order valence-electron chi connectivity index (χ3n) is 1.27. The van der Waals surface area contributed by atoms with Gasteiger partial charge in [0.25, 0.3) is 10.0 Å². The molecule has 12 heavy (non-hydrogen) atoms. The normalized spacial score (nSPS) is 11.8. The molecule has 0 spiro atoms. The lowest BCUT2D eigenvalue weighted by atomic mass is 10.6. The molecule has 0 saturated heterocycles. The second kappa shape index (κ2) is 3.21. The van der Waals surface area contributed by atoms with Crippen molar-refractivity contribution in [1.82, 2.24) is 9.78 Å². The molecular formula is C5H10N4O2S. The predicted octanol–water partition coefficient (Wildman–Crippen LogP) is -1.51. The van der Waals surface area contributed by atoms with Crippen molar-refractivity contribution in [1.29, 1.82) is 0 Å². The highest BCUT2D eigenvalue weighted by molar-refractivity contribution is 7.89. The second-order valence-electron chi connectivity index (χ2n) is 2.25. The summed E-state index contributed by atoms with van der Waals surface area (Å²) >= 11 is 0. The Hall–Kier alpha value is -0.920. The zero-order valence-corrected chi connectivity index (χ0v) is 7.16. The van der Waals surface area contributed by atoms with Crippen LogP contribution in [0.2, 0.25) is 0 Å². The van der Waals surface area contributed by atoms with Crippen LogP contribution < -0.4 is 10.9 Å². The summed E-state index contributed by atoms with van der Waals surface area (Å²) in [5.74, 6) is 0. The topological polar surface area (TPSA) is 104 Å². The van der Waals surface area contributed by atoms with Crippen LogP contribution in [0, 0.1) is 0 Å². The van der Waals surface area contributed by atoms with Crippen LogP contribution in [0.1, 0.15) is 0 Å². The van der Waals surface area contributed by atoms with Crippen molar-refractivity contribution in [2.45, 2.75) is 11.6 Å². The summed E-state index contributed by atoms with van der Waals surface area (Å²) in [4.78, 5) is 0. The highest BCUT2D eigenvalue weighted by Gasteiger charge is 2.10. The van der Waals surface area contributed by atoms with Gasteiger partial charge in [0.05, 0.1) is 6.54 Å². The molecule has 1 heterocycles. The Labute approximate surface area is 70.2 Å². The van der Waals surface area contributed by atoms with Crippen molar-refractivity contribution in [3.63, 3.8) is 0 Å². The number of rotatable bonds is 3. The molecule has 1 rings (SSSR count). The number of primary sulfonamides is 1. The van der Waals surface area contributed by atoms with Crippen LogP contribution in [0.15, 0.2) is 17.3 Å². The standard InChI is InChI=1S/C5H10N4O2S/c6-2-4-9-3-1-5(8-9)12(7,10)11/h1,3H,2,4,6H2,(H2,7,10,11). The quantitative estimate of drug-likeness (QED) is 0.604. The summed E-state index contributed by atoms with van der Waals surface area (Å²) in [7, 11) is -3.67. The third kappa shape index (κ3) is 2.03. The number of nitrogens with zero attached hydrogens (tertiary/aromatic N) is 2. The minimum absolute atomic E-state index is 0.129. The van der Waals surface area contributed by atoms with Gasteiger partial charge in [0.1, 0.15) is 0 Å². The minimum Gasteiger partial charge on any atom is -0.329 e. The van der Waals surface area contributed by atoms with E-state index in [4.69, 9.17) is 10.9 Å². The van der Waals surface area contributed by atoms with Gasteiger partial charge in [-0.05, 0) is 6.07 Å². The third-order valence-corrected chi connectivity index (χ3v) is 2.07. The van der Waals surface area contributed by atoms with E-state index in [1.807, 2.05) is 0 Å². The first-order chi connectivity index (χ1) is 5.54. The lowest BCUT2D eigenvalue weighted by molar-refractivity contribution is 0.576. The lowest BCUT2D eigenvalue weighted by Gasteiger charge is -1.95. The molecule has 0 aliphatic heterocycles. The van der Waals surface area contributed by atoms with E-state index in [0.29, 0.717) is 13.1 Å². The van der Waals surface area contributed by atoms with Gasteiger partial charge in [0.2, 0.25) is 0 Å². The first-order valence-corrected chi connectivity index (χ1v) is 4.85. The van der Waals surface area contributed by atoms with E-state index in [2.05, 4.69) is 5.10 Å². The Morgan fingerprint density at radius 2 is 2.25 bits per heavy atom. The molecule has 0 atom stereocenters. The van der Waals surface area contributed by atoms with E-state index in [-0.39, 0.29) is 5.03 Å². The monoisotopic (exact) mass is 190 g/mol. The molecular weight excluding hydrogens is 180 g/mol. The number of aromatic nitrogens is 2. The minimum atomic E-state index is -3.67. The van der Waals surface area contributed by atoms with Gasteiger partial charge in [-0.25, -0.2) is 13.6 Å². The van der Waals surface area contributed by atoms with Gasteiger partial charge in [-0.1, -0.05) is 0 Å². The van der Waals surface area contributed by atoms with Crippen LogP contribution in [0.25, 0.3) is 0 Å². The summed E-state index contributed by atoms with van der Waals surface area (Å²) < 4.78 is 22.9. The van der Waals surface area contributed by atoms with Crippen LogP contribution in [0.3, 0.4) is 0 Å². The number of hydrogen-bond donors (Lipinski definition) is 2. The summed E-state index contributed by atoms with van der Waals surface area (Å²) in [6.07, 6.45) is 1.52. The molecule has 6 nitrogen and oxygen atoms in total. The Bertz CT molecular complexity index is 355. The molecule has 0 saturated carbocycles. The van der Waals surface area contributed by atoms with Crippen LogP contribution in [0.5, 0.6) is 0 Å². The van der Waals surface area contributed by atoms with Gasteiger partial charge in [0, 0.05) is 12.7 Å². The van der Waals surface area contributed by atoms with Crippen molar-refractivity contribution in [3.05, 3.63) is 12.3 Å². The molecule has 7 heteroatoms. The molecule has 0 aromatic carbocycles. The molecule has 0 bridgehead atoms. The molecule has 0 fully saturated rings. The molecule has 0 radical (unpaired) electrons. The highest BCUT2D eigenvalue weighted by atomic mass is 32.2. The number of hydrogen-bond acceptors (Lipinski definition) is 4. The average Bonchev–Trinajstić information content (AvgIpc) is 2.35. The van der Waals surface area contributed by atoms with Gasteiger partial charge in [0.15, 0.2) is 5.03 Å². The Kier molecular flexibility index (Phi) is 2.46. The molecule has 4 N–H and O–H groups in total. The van der Waals surface area contributed by atoms with Crippen molar-refractivity contribution in [2.75, 3.05) is 6.54 Å². The molecule has 1 aromatic heterocycles. The molecule has 0 aliphatic rings. The van der Waals surface area contributed by atoms with Gasteiger partial charge < -0.3 is 5.73 Å². The second-order valence-corrected chi connectivity index (χ2v) is 3.76. The summed E-state index contributed by atoms with van der Waals surface area (Å²) in [6.45, 7) is 0.890. The van der Waals surface area contributed by atoms with Crippen LogP contribution >= 0.6 is 0 Å². The van der Waals surface area contributed by atoms with E-state index in [9.17, 15) is 8.42 Å². The van der Waals surface area contributed by atoms with E-state index in [1.165, 1.54) is 16.9 Å². The lowest BCUT2D eigenvalue weighted by Crippen LogP contribution is -2.15. The molecule has 1 aromatic rings. The van der Waals surface area contributed by atoms with Crippen molar-refractivity contribution in [2.24, 2.45) is 10.9 Å². The Morgan fingerprint density at radius 3 is 2.67 bits per heavy atom. The Balaban J connectivity index is 2.92. The summed E-state index contributed by atoms with van der Waals surface area (Å²) in [6, 6.07) is 1.34. The summed E-state index contributed by atoms with van der Waals surface area (Å²) in [5, 5.41) is 8.40. The molecule has 0 unspecified atom stereocenters. The van der Waals surface area contributed by atoms with Crippen molar-refractivity contribution in [3.8, 4) is 0 Å². The van der Waals surface area contributed by atoms with Gasteiger partial charge in [-0.3, -0.25) is 4.68 Å². The maximum Gasteiger partial charge on any atom is 0.257 e. The zero-order chi connectivity index (χ0) is 9.19. The van der Waals surface area contributed by atoms with E-state index >= 15 is 0 Å². The Morgan fingerprint density at radius 1 is 1.58 bits per heavy atom. The maximum atomic E-state index is 10.7. The fraction of sp³-hybridized carbons (Fsp3) is 0.400. The smallest absolute Gasteiger partial charge is 0.257 e. The first kappa shape index (κ1) is 9.17. The van der Waals surface area contributed by atoms with E-state index in [0.717, 1.165) is 0 Å². The van der Waals surface area contributed by atoms with Crippen LogP contribution in [-0.2, 0) is 16.6 Å². The predicted molar refractivity (Wildman–Crippen MR) is 42.7 cm³/mol. The fourth-order valence-electron chi connectivity index (χ4n) is 0.752. The van der Waals surface area contributed by atoms with E-state index in [1.54, 1.807) is 0 Å². The van der Waals surface area contributed by atoms with Crippen LogP contribution in [-0.4, -0.2) is 24.7 Å². The first-order valence-electron chi connectivity index (χ1n) is 3.30. The largest absolute Gasteiger partial charge is 0.329 e. The average molecular weight is 190 g/mol. The fourth-order valence-corrected chi connectivity index (χ4v) is 1.22. The van der Waals surface area contributed by atoms with E-state index < -0.39 is 10.0 Å². The van der Waals surface area contributed by atoms with Crippen LogP contribution in [0.4, 0.5) is 0 Å². The maximum absolute atomic E-state index is 10.7. The van der Waals surface area contributed by atoms with Crippen molar-refractivity contribution < 1.29 is 8.42 Å². The SMILES string of the molecule is NCCn1ccc(S(N)(=O)=O)n1. The van der Waals surface area contributed by atoms with Crippen molar-refractivity contribution >= 4 is 10.0 Å². The highest BCUT2D eigenvalue weighted by Crippen LogP contribution is 2.00. The number of nitrogens with two attached hydrogens (primary N) is 2. The molecule has 0 aliphatic carbocycles. The van der Waals surface area contributed by atoms with Gasteiger partial charge in [-0.2, -0.15) is 5.10 Å². The van der Waals surface area contributed by atoms with Gasteiger partial charge >= 0.3 is 0 Å². The zero-order valence-electron chi connectivity index (χ0n) is 6.34. The molecule has 68 valence electrons. The van der Waals surface area contributed by atoms with Gasteiger partial charge in [-0.15, -0.1) is 0 Å². The molecule has 0 amide bonds. The number of sulfonamides is 1. The summed E-state index contributed by atoms with van der Waals surface area (Å²) in [5.41, 5.74) is 5.24.